The molecule has 1 aromatic heterocycles. The highest BCUT2D eigenvalue weighted by Crippen LogP contribution is 2.35. The summed E-state index contributed by atoms with van der Waals surface area (Å²) in [4.78, 5) is 0. The van der Waals surface area contributed by atoms with Gasteiger partial charge in [-0.1, -0.05) is 0 Å². The summed E-state index contributed by atoms with van der Waals surface area (Å²) in [6, 6.07) is 3.59. The van der Waals surface area contributed by atoms with Crippen LogP contribution in [0, 0.1) is 11.6 Å². The lowest BCUT2D eigenvalue weighted by Gasteiger charge is -2.09. The number of fused-ring (bicyclic) bond motifs is 1. The van der Waals surface area contributed by atoms with E-state index in [1.807, 2.05) is 0 Å². The Labute approximate surface area is 90.5 Å². The lowest BCUT2D eigenvalue weighted by Crippen LogP contribution is -1.99. The second-order valence-electron chi connectivity index (χ2n) is 3.95. The number of benzene rings is 1. The van der Waals surface area contributed by atoms with Crippen LogP contribution in [-0.4, -0.2) is 15.4 Å². The third kappa shape index (κ3) is 1.39. The fourth-order valence-electron chi connectivity index (χ4n) is 2.24. The number of halogens is 2. The molecule has 82 valence electrons. The quantitative estimate of drug-likeness (QED) is 0.801. The molecule has 1 heterocycles. The van der Waals surface area contributed by atoms with Crippen molar-refractivity contribution in [3.63, 3.8) is 0 Å². The van der Waals surface area contributed by atoms with Gasteiger partial charge in [0.05, 0.1) is 11.4 Å². The van der Waals surface area contributed by atoms with Gasteiger partial charge >= 0.3 is 0 Å². The first-order valence-corrected chi connectivity index (χ1v) is 5.09. The zero-order chi connectivity index (χ0) is 11.1. The molecule has 0 aliphatic heterocycles. The molecule has 1 unspecified atom stereocenters. The van der Waals surface area contributed by atoms with Gasteiger partial charge in [-0.2, -0.15) is 15.4 Å². The summed E-state index contributed by atoms with van der Waals surface area (Å²) in [7, 11) is 0. The van der Waals surface area contributed by atoms with Crippen LogP contribution in [0.2, 0.25) is 0 Å². The summed E-state index contributed by atoms with van der Waals surface area (Å²) in [6.07, 6.45) is 1.61. The summed E-state index contributed by atoms with van der Waals surface area (Å²) in [5, 5.41) is 10.6. The summed E-state index contributed by atoms with van der Waals surface area (Å²) < 4.78 is 26.2. The monoisotopic (exact) mass is 221 g/mol. The fraction of sp³-hybridized carbons (Fsp3) is 0.273. The van der Waals surface area contributed by atoms with Gasteiger partial charge in [0, 0.05) is 12.0 Å². The fourth-order valence-corrected chi connectivity index (χ4v) is 2.24. The van der Waals surface area contributed by atoms with Crippen molar-refractivity contribution >= 4 is 0 Å². The van der Waals surface area contributed by atoms with E-state index in [1.165, 1.54) is 12.1 Å². The molecule has 0 fully saturated rings. The van der Waals surface area contributed by atoms with E-state index in [1.54, 1.807) is 0 Å². The number of hydrogen-bond acceptors (Lipinski definition) is 2. The van der Waals surface area contributed by atoms with E-state index in [0.717, 1.165) is 30.3 Å². The van der Waals surface area contributed by atoms with Gasteiger partial charge in [-0.15, -0.1) is 0 Å². The Morgan fingerprint density at radius 1 is 1.12 bits per heavy atom. The molecule has 1 aromatic carbocycles. The standard InChI is InChI=1S/C11H9F2N3/c12-7-3-6(4-8(13)5-7)9-1-2-10-11(9)15-16-14-10/h3-5,9H,1-2H2,(H,14,15,16). The molecular weight excluding hydrogens is 212 g/mol. The molecule has 0 saturated carbocycles. The molecule has 0 bridgehead atoms. The van der Waals surface area contributed by atoms with Crippen molar-refractivity contribution in [3.8, 4) is 0 Å². The Morgan fingerprint density at radius 3 is 2.62 bits per heavy atom. The lowest BCUT2D eigenvalue weighted by molar-refractivity contribution is 0.575. The first-order valence-electron chi connectivity index (χ1n) is 5.09. The van der Waals surface area contributed by atoms with Crippen LogP contribution in [0.5, 0.6) is 0 Å². The Morgan fingerprint density at radius 2 is 1.88 bits per heavy atom. The number of hydrogen-bond donors (Lipinski definition) is 1. The van der Waals surface area contributed by atoms with E-state index in [-0.39, 0.29) is 5.92 Å². The van der Waals surface area contributed by atoms with Gasteiger partial charge in [0.15, 0.2) is 0 Å². The molecule has 1 aliphatic carbocycles. The van der Waals surface area contributed by atoms with Crippen molar-refractivity contribution in [1.29, 1.82) is 0 Å². The van der Waals surface area contributed by atoms with Crippen LogP contribution in [0.1, 0.15) is 29.3 Å². The van der Waals surface area contributed by atoms with Gasteiger partial charge in [0.2, 0.25) is 0 Å². The molecule has 1 aliphatic rings. The van der Waals surface area contributed by atoms with Crippen LogP contribution in [0.25, 0.3) is 0 Å². The highest BCUT2D eigenvalue weighted by Gasteiger charge is 2.28. The van der Waals surface area contributed by atoms with E-state index in [0.29, 0.717) is 5.56 Å². The maximum Gasteiger partial charge on any atom is 0.126 e. The number of nitrogens with one attached hydrogen (secondary N) is 1. The largest absolute Gasteiger partial charge is 0.207 e. The topological polar surface area (TPSA) is 41.6 Å². The van der Waals surface area contributed by atoms with Crippen LogP contribution in [0.15, 0.2) is 18.2 Å². The Hall–Kier alpha value is -1.78. The van der Waals surface area contributed by atoms with Crippen molar-refractivity contribution in [2.75, 3.05) is 0 Å². The predicted molar refractivity (Wildman–Crippen MR) is 52.9 cm³/mol. The minimum atomic E-state index is -0.549. The average molecular weight is 221 g/mol. The molecule has 2 aromatic rings. The van der Waals surface area contributed by atoms with Crippen LogP contribution >= 0.6 is 0 Å². The Kier molecular flexibility index (Phi) is 1.99. The molecule has 5 heteroatoms. The average Bonchev–Trinajstić information content (AvgIpc) is 2.75. The van der Waals surface area contributed by atoms with Crippen molar-refractivity contribution in [3.05, 3.63) is 46.8 Å². The van der Waals surface area contributed by atoms with Crippen LogP contribution in [0.4, 0.5) is 8.78 Å². The first-order chi connectivity index (χ1) is 7.74. The van der Waals surface area contributed by atoms with E-state index in [4.69, 9.17) is 0 Å². The minimum Gasteiger partial charge on any atom is -0.207 e. The van der Waals surface area contributed by atoms with Gasteiger partial charge in [-0.25, -0.2) is 8.78 Å². The Balaban J connectivity index is 2.06. The number of aromatic nitrogens is 3. The van der Waals surface area contributed by atoms with Gasteiger partial charge in [-0.3, -0.25) is 0 Å². The van der Waals surface area contributed by atoms with Gasteiger partial charge < -0.3 is 0 Å². The van der Waals surface area contributed by atoms with E-state index >= 15 is 0 Å². The summed E-state index contributed by atoms with van der Waals surface area (Å²) in [5.74, 6) is -1.14. The van der Waals surface area contributed by atoms with E-state index < -0.39 is 11.6 Å². The molecule has 0 spiro atoms. The van der Waals surface area contributed by atoms with E-state index in [2.05, 4.69) is 15.4 Å². The highest BCUT2D eigenvalue weighted by molar-refractivity contribution is 5.34. The number of aryl methyl sites for hydroxylation is 1. The van der Waals surface area contributed by atoms with Crippen molar-refractivity contribution in [2.24, 2.45) is 0 Å². The molecule has 1 N–H and O–H groups in total. The third-order valence-corrected chi connectivity index (χ3v) is 2.94. The second kappa shape index (κ2) is 3.37. The SMILES string of the molecule is Fc1cc(F)cc(C2CCc3n[nH]nc32)c1. The molecule has 1 atom stereocenters. The maximum absolute atomic E-state index is 13.1. The van der Waals surface area contributed by atoms with E-state index in [9.17, 15) is 8.78 Å². The summed E-state index contributed by atoms with van der Waals surface area (Å²) in [6.45, 7) is 0. The lowest BCUT2D eigenvalue weighted by atomic mass is 9.97. The van der Waals surface area contributed by atoms with Crippen molar-refractivity contribution < 1.29 is 8.78 Å². The van der Waals surface area contributed by atoms with Gasteiger partial charge in [-0.05, 0) is 30.5 Å². The molecule has 16 heavy (non-hydrogen) atoms. The number of nitrogens with zero attached hydrogens (tertiary/aromatic N) is 2. The summed E-state index contributed by atoms with van der Waals surface area (Å²) in [5.41, 5.74) is 2.34. The zero-order valence-electron chi connectivity index (χ0n) is 8.37. The first kappa shape index (κ1) is 9.45. The number of aromatic amines is 1. The third-order valence-electron chi connectivity index (χ3n) is 2.94. The molecule has 0 radical (unpaired) electrons. The Bertz CT molecular complexity index is 516. The minimum absolute atomic E-state index is 0.0426. The molecular formula is C11H9F2N3. The van der Waals surface area contributed by atoms with Crippen LogP contribution < -0.4 is 0 Å². The number of rotatable bonds is 1. The molecule has 3 rings (SSSR count). The smallest absolute Gasteiger partial charge is 0.126 e. The summed E-state index contributed by atoms with van der Waals surface area (Å²) >= 11 is 0. The van der Waals surface area contributed by atoms with Crippen LogP contribution in [0.3, 0.4) is 0 Å². The molecule has 0 amide bonds. The van der Waals surface area contributed by atoms with Crippen molar-refractivity contribution in [1.82, 2.24) is 15.4 Å². The highest BCUT2D eigenvalue weighted by atomic mass is 19.1. The number of H-pyrrole nitrogens is 1. The molecule has 3 nitrogen and oxygen atoms in total. The zero-order valence-corrected chi connectivity index (χ0v) is 8.37. The molecule has 0 saturated heterocycles. The van der Waals surface area contributed by atoms with Crippen LogP contribution in [-0.2, 0) is 6.42 Å². The van der Waals surface area contributed by atoms with Gasteiger partial charge in [0.1, 0.15) is 11.6 Å². The predicted octanol–water partition coefficient (Wildman–Crippen LogP) is 2.16. The van der Waals surface area contributed by atoms with Crippen molar-refractivity contribution in [2.45, 2.75) is 18.8 Å². The second-order valence-corrected chi connectivity index (χ2v) is 3.95. The normalized spacial score (nSPS) is 18.8. The van der Waals surface area contributed by atoms with Gasteiger partial charge in [0.25, 0.3) is 0 Å². The maximum atomic E-state index is 13.1.